The van der Waals surface area contributed by atoms with Crippen molar-refractivity contribution in [1.82, 2.24) is 20.0 Å². The van der Waals surface area contributed by atoms with Gasteiger partial charge in [-0.2, -0.15) is 5.10 Å². The molecular formula is C25H28N5O5+. The number of carbonyl (C=O) groups excluding carboxylic acids is 2. The first-order valence-electron chi connectivity index (χ1n) is 11.5. The number of ether oxygens (including phenoxy) is 2. The molecule has 0 unspecified atom stereocenters. The van der Waals surface area contributed by atoms with Crippen molar-refractivity contribution in [2.75, 3.05) is 0 Å². The van der Waals surface area contributed by atoms with Gasteiger partial charge in [0.25, 0.3) is 17.5 Å². The van der Waals surface area contributed by atoms with Crippen molar-refractivity contribution in [2.45, 2.75) is 57.9 Å². The SMILES string of the molecule is C[C@@H](NC(=O)[C@@H]1OC(C)(C)O[C@H]1C(=O)N1Cc2ccc[n+](O)c2C1)c1ccc(-n2cccn2)cc1. The highest BCUT2D eigenvalue weighted by molar-refractivity contribution is 5.92. The summed E-state index contributed by atoms with van der Waals surface area (Å²) < 4.78 is 14.5. The third-order valence-electron chi connectivity index (χ3n) is 6.30. The Morgan fingerprint density at radius 2 is 1.89 bits per heavy atom. The highest BCUT2D eigenvalue weighted by Gasteiger charge is 2.51. The molecule has 2 amide bonds. The van der Waals surface area contributed by atoms with E-state index in [1.165, 1.54) is 6.20 Å². The third-order valence-corrected chi connectivity index (χ3v) is 6.30. The molecular weight excluding hydrogens is 450 g/mol. The lowest BCUT2D eigenvalue weighted by Gasteiger charge is -2.23. The van der Waals surface area contributed by atoms with E-state index in [-0.39, 0.29) is 18.5 Å². The van der Waals surface area contributed by atoms with E-state index in [2.05, 4.69) is 10.4 Å². The molecule has 2 aliphatic heterocycles. The first kappa shape index (κ1) is 23.0. The Labute approximate surface area is 202 Å². The number of nitrogens with zero attached hydrogens (tertiary/aromatic N) is 4. The molecule has 10 nitrogen and oxygen atoms in total. The van der Waals surface area contributed by atoms with E-state index in [1.807, 2.05) is 49.5 Å². The number of hydrogen-bond acceptors (Lipinski definition) is 6. The van der Waals surface area contributed by atoms with Crippen LogP contribution in [0.3, 0.4) is 0 Å². The quantitative estimate of drug-likeness (QED) is 0.426. The van der Waals surface area contributed by atoms with Crippen LogP contribution in [0.25, 0.3) is 5.69 Å². The van der Waals surface area contributed by atoms with Gasteiger partial charge in [-0.1, -0.05) is 12.1 Å². The molecule has 0 spiro atoms. The summed E-state index contributed by atoms with van der Waals surface area (Å²) in [5, 5.41) is 17.2. The number of rotatable bonds is 5. The molecule has 1 fully saturated rings. The number of nitrogens with one attached hydrogen (secondary N) is 1. The van der Waals surface area contributed by atoms with Gasteiger partial charge in [-0.05, 0) is 50.6 Å². The standard InChI is InChI=1S/C25H27N5O5/c1-16(17-7-9-19(10-8-17)29-12-5-11-26-29)27-23(31)21-22(35-25(2,3)34-21)24(32)28-14-18-6-4-13-30(33)20(18)15-28/h4-13,16,21-22H,14-15H2,1-3H3,(H-,27,31,33)/p+1/t16-,21-,22-/m1/s1. The van der Waals surface area contributed by atoms with Gasteiger partial charge >= 0.3 is 0 Å². The van der Waals surface area contributed by atoms with E-state index in [9.17, 15) is 14.8 Å². The number of hydrogen-bond donors (Lipinski definition) is 2. The van der Waals surface area contributed by atoms with E-state index in [4.69, 9.17) is 9.47 Å². The first-order valence-corrected chi connectivity index (χ1v) is 11.5. The molecule has 4 heterocycles. The normalized spacial score (nSPS) is 21.5. The van der Waals surface area contributed by atoms with Gasteiger partial charge in [-0.3, -0.25) is 14.8 Å². The highest BCUT2D eigenvalue weighted by atomic mass is 16.8. The van der Waals surface area contributed by atoms with Gasteiger partial charge in [0.2, 0.25) is 6.20 Å². The largest absolute Gasteiger partial charge is 0.347 e. The van der Waals surface area contributed by atoms with Crippen molar-refractivity contribution in [1.29, 1.82) is 0 Å². The zero-order valence-electron chi connectivity index (χ0n) is 19.8. The average Bonchev–Trinajstić information content (AvgIpc) is 3.57. The number of benzene rings is 1. The van der Waals surface area contributed by atoms with Crippen molar-refractivity contribution >= 4 is 11.8 Å². The Bertz CT molecular complexity index is 1240. The summed E-state index contributed by atoms with van der Waals surface area (Å²) in [6.07, 6.45) is 2.89. The van der Waals surface area contributed by atoms with E-state index in [0.717, 1.165) is 21.5 Å². The number of carbonyl (C=O) groups is 2. The molecule has 3 aromatic rings. The molecule has 5 rings (SSSR count). The lowest BCUT2D eigenvalue weighted by Crippen LogP contribution is -2.48. The molecule has 0 radical (unpaired) electrons. The third kappa shape index (κ3) is 4.50. The van der Waals surface area contributed by atoms with Crippen molar-refractivity contribution in [3.8, 4) is 5.69 Å². The minimum absolute atomic E-state index is 0.221. The molecule has 2 aromatic heterocycles. The van der Waals surface area contributed by atoms with Gasteiger partial charge in [0.05, 0.1) is 18.3 Å². The second-order valence-corrected chi connectivity index (χ2v) is 9.27. The second kappa shape index (κ2) is 8.79. The minimum Gasteiger partial charge on any atom is -0.347 e. The molecule has 2 aliphatic rings. The molecule has 0 saturated carbocycles. The van der Waals surface area contributed by atoms with Crippen LogP contribution in [0.4, 0.5) is 0 Å². The molecule has 1 aromatic carbocycles. The van der Waals surface area contributed by atoms with E-state index in [1.54, 1.807) is 35.7 Å². The van der Waals surface area contributed by atoms with Gasteiger partial charge < -0.3 is 19.7 Å². The zero-order valence-corrected chi connectivity index (χ0v) is 19.8. The van der Waals surface area contributed by atoms with E-state index >= 15 is 0 Å². The predicted molar refractivity (Wildman–Crippen MR) is 122 cm³/mol. The highest BCUT2D eigenvalue weighted by Crippen LogP contribution is 2.32. The van der Waals surface area contributed by atoms with E-state index < -0.39 is 23.9 Å². The summed E-state index contributed by atoms with van der Waals surface area (Å²) in [5.74, 6) is -1.88. The summed E-state index contributed by atoms with van der Waals surface area (Å²) in [7, 11) is 0. The second-order valence-electron chi connectivity index (χ2n) is 9.27. The maximum atomic E-state index is 13.4. The Kier molecular flexibility index (Phi) is 5.78. The van der Waals surface area contributed by atoms with Crippen LogP contribution in [-0.4, -0.2) is 49.7 Å². The lowest BCUT2D eigenvalue weighted by atomic mass is 10.1. The molecule has 2 N–H and O–H groups in total. The first-order chi connectivity index (χ1) is 16.7. The fourth-order valence-corrected chi connectivity index (χ4v) is 4.52. The average molecular weight is 479 g/mol. The van der Waals surface area contributed by atoms with Gasteiger partial charge in [-0.25, -0.2) is 4.68 Å². The zero-order chi connectivity index (χ0) is 24.7. The number of amides is 2. The summed E-state index contributed by atoms with van der Waals surface area (Å²) in [6.45, 7) is 5.77. The molecule has 10 heteroatoms. The van der Waals surface area contributed by atoms with Crippen molar-refractivity contribution in [3.63, 3.8) is 0 Å². The van der Waals surface area contributed by atoms with Crippen LogP contribution >= 0.6 is 0 Å². The maximum Gasteiger partial charge on any atom is 0.258 e. The van der Waals surface area contributed by atoms with Gasteiger partial charge in [0, 0.05) is 28.8 Å². The van der Waals surface area contributed by atoms with Crippen LogP contribution < -0.4 is 10.0 Å². The predicted octanol–water partition coefficient (Wildman–Crippen LogP) is 1.64. The Hall–Kier alpha value is -3.76. The molecule has 1 saturated heterocycles. The molecule has 182 valence electrons. The summed E-state index contributed by atoms with van der Waals surface area (Å²) in [4.78, 5) is 28.2. The molecule has 35 heavy (non-hydrogen) atoms. The van der Waals surface area contributed by atoms with Crippen LogP contribution in [-0.2, 0) is 32.2 Å². The van der Waals surface area contributed by atoms with Gasteiger partial charge in [-0.15, -0.1) is 0 Å². The number of fused-ring (bicyclic) bond motifs is 1. The van der Waals surface area contributed by atoms with Crippen LogP contribution in [0.15, 0.2) is 61.1 Å². The van der Waals surface area contributed by atoms with E-state index in [0.29, 0.717) is 12.2 Å². The van der Waals surface area contributed by atoms with Crippen molar-refractivity contribution < 1.29 is 29.0 Å². The topological polar surface area (TPSA) is 110 Å². The molecule has 0 aliphatic carbocycles. The smallest absolute Gasteiger partial charge is 0.258 e. The van der Waals surface area contributed by atoms with Crippen LogP contribution in [0.1, 0.15) is 43.6 Å². The lowest BCUT2D eigenvalue weighted by molar-refractivity contribution is -0.909. The Morgan fingerprint density at radius 1 is 1.14 bits per heavy atom. The van der Waals surface area contributed by atoms with Crippen LogP contribution in [0, 0.1) is 0 Å². The number of aromatic nitrogens is 3. The summed E-state index contributed by atoms with van der Waals surface area (Å²) in [5.41, 5.74) is 3.28. The monoisotopic (exact) mass is 478 g/mol. The minimum atomic E-state index is -1.10. The van der Waals surface area contributed by atoms with Crippen LogP contribution in [0.5, 0.6) is 0 Å². The van der Waals surface area contributed by atoms with Crippen molar-refractivity contribution in [2.24, 2.45) is 0 Å². The van der Waals surface area contributed by atoms with Crippen LogP contribution in [0.2, 0.25) is 0 Å². The Balaban J connectivity index is 1.28. The summed E-state index contributed by atoms with van der Waals surface area (Å²) in [6, 6.07) is 12.8. The fraction of sp³-hybridized carbons (Fsp3) is 0.360. The van der Waals surface area contributed by atoms with Crippen molar-refractivity contribution in [3.05, 3.63) is 77.9 Å². The molecule has 0 bridgehead atoms. The number of pyridine rings is 1. The Morgan fingerprint density at radius 3 is 2.57 bits per heavy atom. The summed E-state index contributed by atoms with van der Waals surface area (Å²) >= 11 is 0. The van der Waals surface area contributed by atoms with Gasteiger partial charge in [0.15, 0.2) is 18.0 Å². The fourth-order valence-electron chi connectivity index (χ4n) is 4.52. The maximum absolute atomic E-state index is 13.4. The molecule has 3 atom stereocenters. The van der Waals surface area contributed by atoms with Gasteiger partial charge in [0.1, 0.15) is 6.54 Å².